The van der Waals surface area contributed by atoms with Crippen molar-refractivity contribution in [2.24, 2.45) is 0 Å². The fraction of sp³-hybridized carbons (Fsp3) is 0.130. The Bertz CT molecular complexity index is 1120. The molecule has 29 heavy (non-hydrogen) atoms. The van der Waals surface area contributed by atoms with Crippen LogP contribution in [0.25, 0.3) is 16.7 Å². The van der Waals surface area contributed by atoms with Crippen molar-refractivity contribution in [2.45, 2.75) is 5.16 Å². The van der Waals surface area contributed by atoms with E-state index in [2.05, 4.69) is 9.88 Å². The number of amides is 1. The number of aromatic nitrogens is 2. The van der Waals surface area contributed by atoms with E-state index < -0.39 is 0 Å². The molecule has 0 bridgehead atoms. The van der Waals surface area contributed by atoms with Gasteiger partial charge in [-0.05, 0) is 48.5 Å². The van der Waals surface area contributed by atoms with Crippen LogP contribution in [0.3, 0.4) is 0 Å². The molecule has 146 valence electrons. The quantitative estimate of drug-likeness (QED) is 0.470. The van der Waals surface area contributed by atoms with Gasteiger partial charge in [-0.1, -0.05) is 42.1 Å². The van der Waals surface area contributed by atoms with Crippen LogP contribution in [-0.2, 0) is 4.79 Å². The zero-order chi connectivity index (χ0) is 20.2. The Hall–Kier alpha value is -3.25. The Morgan fingerprint density at radius 1 is 0.966 bits per heavy atom. The van der Waals surface area contributed by atoms with Crippen LogP contribution in [0.5, 0.6) is 0 Å². The molecule has 0 radical (unpaired) electrons. The lowest BCUT2D eigenvalue weighted by Gasteiger charge is -2.13. The lowest BCUT2D eigenvalue weighted by molar-refractivity contribution is -0.113. The molecule has 3 aromatic carbocycles. The van der Waals surface area contributed by atoms with Gasteiger partial charge < -0.3 is 10.2 Å². The number of anilines is 2. The van der Waals surface area contributed by atoms with Crippen molar-refractivity contribution in [1.82, 2.24) is 9.55 Å². The molecular weight excluding hydrogens is 380 g/mol. The van der Waals surface area contributed by atoms with Crippen molar-refractivity contribution >= 4 is 40.1 Å². The molecule has 1 heterocycles. The highest BCUT2D eigenvalue weighted by atomic mass is 32.2. The van der Waals surface area contributed by atoms with Crippen molar-refractivity contribution in [1.29, 1.82) is 0 Å². The SMILES string of the molecule is CN(C)c1ccc(NC(=O)CSc2nc3ccccc3n2-c2ccccc2)cc1. The topological polar surface area (TPSA) is 50.2 Å². The average molecular weight is 403 g/mol. The molecule has 4 aromatic rings. The molecule has 1 N–H and O–H groups in total. The van der Waals surface area contributed by atoms with Gasteiger partial charge in [0, 0.05) is 31.2 Å². The molecule has 5 nitrogen and oxygen atoms in total. The first-order chi connectivity index (χ1) is 14.1. The van der Waals surface area contributed by atoms with Crippen molar-refractivity contribution < 1.29 is 4.79 Å². The molecule has 0 saturated heterocycles. The minimum Gasteiger partial charge on any atom is -0.378 e. The monoisotopic (exact) mass is 402 g/mol. The Kier molecular flexibility index (Phi) is 5.53. The van der Waals surface area contributed by atoms with Gasteiger partial charge in [-0.15, -0.1) is 0 Å². The summed E-state index contributed by atoms with van der Waals surface area (Å²) in [6.45, 7) is 0. The second-order valence-electron chi connectivity index (χ2n) is 6.83. The van der Waals surface area contributed by atoms with E-state index in [0.29, 0.717) is 0 Å². The number of thioether (sulfide) groups is 1. The molecule has 1 amide bonds. The minimum atomic E-state index is -0.0562. The minimum absolute atomic E-state index is 0.0562. The number of hydrogen-bond acceptors (Lipinski definition) is 4. The summed E-state index contributed by atoms with van der Waals surface area (Å²) in [7, 11) is 3.98. The molecule has 0 saturated carbocycles. The summed E-state index contributed by atoms with van der Waals surface area (Å²) in [5.74, 6) is 0.227. The number of fused-ring (bicyclic) bond motifs is 1. The van der Waals surface area contributed by atoms with Gasteiger partial charge in [0.15, 0.2) is 5.16 Å². The van der Waals surface area contributed by atoms with E-state index >= 15 is 0 Å². The number of carbonyl (C=O) groups excluding carboxylic acids is 1. The van der Waals surface area contributed by atoms with Crippen LogP contribution in [0.2, 0.25) is 0 Å². The third-order valence-electron chi connectivity index (χ3n) is 4.54. The third-order valence-corrected chi connectivity index (χ3v) is 5.48. The first-order valence-electron chi connectivity index (χ1n) is 9.35. The summed E-state index contributed by atoms with van der Waals surface area (Å²) in [4.78, 5) is 19.3. The smallest absolute Gasteiger partial charge is 0.234 e. The lowest BCUT2D eigenvalue weighted by atomic mass is 10.2. The molecule has 6 heteroatoms. The Balaban J connectivity index is 1.51. The standard InChI is InChI=1S/C23H22N4OS/c1-26(2)18-14-12-17(13-15-18)24-22(28)16-29-23-25-20-10-6-7-11-21(20)27(23)19-8-4-3-5-9-19/h3-15H,16H2,1-2H3,(H,24,28). The number of imidazole rings is 1. The molecule has 1 aromatic heterocycles. The van der Waals surface area contributed by atoms with E-state index in [1.165, 1.54) is 11.8 Å². The first kappa shape index (κ1) is 19.1. The predicted molar refractivity (Wildman–Crippen MR) is 121 cm³/mol. The van der Waals surface area contributed by atoms with E-state index in [9.17, 15) is 4.79 Å². The van der Waals surface area contributed by atoms with E-state index in [1.807, 2.05) is 97.9 Å². The number of carbonyl (C=O) groups is 1. The summed E-state index contributed by atoms with van der Waals surface area (Å²) in [5, 5.41) is 3.76. The van der Waals surface area contributed by atoms with Gasteiger partial charge >= 0.3 is 0 Å². The number of rotatable bonds is 6. The van der Waals surface area contributed by atoms with Crippen molar-refractivity contribution in [3.63, 3.8) is 0 Å². The van der Waals surface area contributed by atoms with Crippen LogP contribution >= 0.6 is 11.8 Å². The molecule has 4 rings (SSSR count). The normalized spacial score (nSPS) is 10.8. The molecule has 0 spiro atoms. The maximum Gasteiger partial charge on any atom is 0.234 e. The van der Waals surface area contributed by atoms with Gasteiger partial charge in [0.1, 0.15) is 0 Å². The van der Waals surface area contributed by atoms with E-state index in [1.54, 1.807) is 0 Å². The molecule has 0 atom stereocenters. The first-order valence-corrected chi connectivity index (χ1v) is 10.3. The highest BCUT2D eigenvalue weighted by Gasteiger charge is 2.14. The Morgan fingerprint density at radius 3 is 2.38 bits per heavy atom. The van der Waals surface area contributed by atoms with Gasteiger partial charge in [-0.2, -0.15) is 0 Å². The maximum atomic E-state index is 12.5. The van der Waals surface area contributed by atoms with Crippen LogP contribution in [0.1, 0.15) is 0 Å². The number of benzene rings is 3. The van der Waals surface area contributed by atoms with Gasteiger partial charge in [-0.25, -0.2) is 4.98 Å². The van der Waals surface area contributed by atoms with Gasteiger partial charge in [0.05, 0.1) is 16.8 Å². The highest BCUT2D eigenvalue weighted by Crippen LogP contribution is 2.28. The largest absolute Gasteiger partial charge is 0.378 e. The maximum absolute atomic E-state index is 12.5. The van der Waals surface area contributed by atoms with Crippen molar-refractivity contribution in [2.75, 3.05) is 30.1 Å². The summed E-state index contributed by atoms with van der Waals surface area (Å²) in [6.07, 6.45) is 0. The summed E-state index contributed by atoms with van der Waals surface area (Å²) in [5.41, 5.74) is 4.86. The molecule has 0 aliphatic carbocycles. The molecule has 0 aliphatic heterocycles. The number of nitrogens with zero attached hydrogens (tertiary/aromatic N) is 3. The fourth-order valence-corrected chi connectivity index (χ4v) is 3.93. The Labute approximate surface area is 174 Å². The van der Waals surface area contributed by atoms with E-state index in [0.717, 1.165) is 33.3 Å². The number of para-hydroxylation sites is 3. The summed E-state index contributed by atoms with van der Waals surface area (Å²) < 4.78 is 2.10. The van der Waals surface area contributed by atoms with Gasteiger partial charge in [-0.3, -0.25) is 9.36 Å². The van der Waals surface area contributed by atoms with Gasteiger partial charge in [0.25, 0.3) is 0 Å². The van der Waals surface area contributed by atoms with Crippen LogP contribution in [0.15, 0.2) is 84.0 Å². The van der Waals surface area contributed by atoms with E-state index in [4.69, 9.17) is 4.98 Å². The highest BCUT2D eigenvalue weighted by molar-refractivity contribution is 7.99. The third kappa shape index (κ3) is 4.27. The van der Waals surface area contributed by atoms with Crippen LogP contribution < -0.4 is 10.2 Å². The summed E-state index contributed by atoms with van der Waals surface area (Å²) >= 11 is 1.43. The molecular formula is C23H22N4OS. The average Bonchev–Trinajstić information content (AvgIpc) is 3.12. The van der Waals surface area contributed by atoms with E-state index in [-0.39, 0.29) is 11.7 Å². The van der Waals surface area contributed by atoms with Crippen molar-refractivity contribution in [3.05, 3.63) is 78.9 Å². The molecule has 0 aliphatic rings. The number of hydrogen-bond donors (Lipinski definition) is 1. The van der Waals surface area contributed by atoms with Crippen LogP contribution in [0, 0.1) is 0 Å². The van der Waals surface area contributed by atoms with Crippen molar-refractivity contribution in [3.8, 4) is 5.69 Å². The molecule has 0 unspecified atom stereocenters. The second-order valence-corrected chi connectivity index (χ2v) is 7.77. The van der Waals surface area contributed by atoms with Crippen LogP contribution in [-0.4, -0.2) is 35.3 Å². The summed E-state index contributed by atoms with van der Waals surface area (Å²) in [6, 6.07) is 25.9. The van der Waals surface area contributed by atoms with Gasteiger partial charge in [0.2, 0.25) is 5.91 Å². The molecule has 0 fully saturated rings. The van der Waals surface area contributed by atoms with Crippen LogP contribution in [0.4, 0.5) is 11.4 Å². The Morgan fingerprint density at radius 2 is 1.66 bits per heavy atom. The number of nitrogens with one attached hydrogen (secondary N) is 1. The zero-order valence-electron chi connectivity index (χ0n) is 16.4. The second kappa shape index (κ2) is 8.41. The lowest BCUT2D eigenvalue weighted by Crippen LogP contribution is -2.15. The fourth-order valence-electron chi connectivity index (χ4n) is 3.10. The predicted octanol–water partition coefficient (Wildman–Crippen LogP) is 4.82. The zero-order valence-corrected chi connectivity index (χ0v) is 17.2.